The number of sulfonamides is 1. The minimum absolute atomic E-state index is 0.161. The fourth-order valence-corrected chi connectivity index (χ4v) is 4.52. The number of fused-ring (bicyclic) bond motifs is 1. The molecule has 0 saturated carbocycles. The van der Waals surface area contributed by atoms with Gasteiger partial charge in [0.2, 0.25) is 15.9 Å². The molecule has 0 aliphatic heterocycles. The number of aryl methyl sites for hydroxylation is 1. The van der Waals surface area contributed by atoms with Gasteiger partial charge >= 0.3 is 0 Å². The predicted molar refractivity (Wildman–Crippen MR) is 125 cm³/mol. The van der Waals surface area contributed by atoms with Gasteiger partial charge < -0.3 is 5.32 Å². The molecule has 0 unspecified atom stereocenters. The summed E-state index contributed by atoms with van der Waals surface area (Å²) < 4.78 is 27.9. The Bertz CT molecular complexity index is 1350. The Labute approximate surface area is 187 Å². The number of hydrogen-bond donors (Lipinski definition) is 1. The number of rotatable bonds is 5. The average molecular weight is 457 g/mol. The van der Waals surface area contributed by atoms with E-state index in [1.54, 1.807) is 49.4 Å². The van der Waals surface area contributed by atoms with Crippen molar-refractivity contribution in [1.29, 1.82) is 0 Å². The van der Waals surface area contributed by atoms with Gasteiger partial charge in [-0.05, 0) is 45.4 Å². The summed E-state index contributed by atoms with van der Waals surface area (Å²) in [4.78, 5) is 25.6. The maximum Gasteiger partial charge on any atom is 0.275 e. The van der Waals surface area contributed by atoms with Gasteiger partial charge in [-0.15, -0.1) is 0 Å². The van der Waals surface area contributed by atoms with Crippen molar-refractivity contribution in [2.75, 3.05) is 14.1 Å². The van der Waals surface area contributed by atoms with Crippen LogP contribution in [-0.2, 0) is 21.4 Å². The normalized spacial score (nSPS) is 12.3. The summed E-state index contributed by atoms with van der Waals surface area (Å²) in [5, 5.41) is 8.29. The van der Waals surface area contributed by atoms with Gasteiger partial charge in [0, 0.05) is 30.6 Å². The molecule has 2 aromatic carbocycles. The molecular formula is C23H28N4O4S. The summed E-state index contributed by atoms with van der Waals surface area (Å²) in [6.45, 7) is 7.04. The molecule has 1 N–H and O–H groups in total. The van der Waals surface area contributed by atoms with E-state index in [0.29, 0.717) is 27.6 Å². The zero-order valence-electron chi connectivity index (χ0n) is 19.1. The van der Waals surface area contributed by atoms with E-state index in [-0.39, 0.29) is 22.9 Å². The van der Waals surface area contributed by atoms with E-state index < -0.39 is 15.6 Å². The largest absolute Gasteiger partial charge is 0.350 e. The van der Waals surface area contributed by atoms with Gasteiger partial charge in [-0.3, -0.25) is 9.59 Å². The lowest BCUT2D eigenvalue weighted by Gasteiger charge is -2.21. The minimum atomic E-state index is -3.68. The van der Waals surface area contributed by atoms with Crippen molar-refractivity contribution in [2.45, 2.75) is 44.7 Å². The van der Waals surface area contributed by atoms with E-state index in [1.165, 1.54) is 14.1 Å². The molecule has 0 saturated heterocycles. The number of nitrogens with one attached hydrogen (secondary N) is 1. The van der Waals surface area contributed by atoms with Gasteiger partial charge in [0.1, 0.15) is 6.54 Å². The molecule has 0 radical (unpaired) electrons. The molecule has 0 spiro atoms. The predicted octanol–water partition coefficient (Wildman–Crippen LogP) is 2.54. The molecule has 0 fully saturated rings. The van der Waals surface area contributed by atoms with E-state index >= 15 is 0 Å². The van der Waals surface area contributed by atoms with Gasteiger partial charge in [0.15, 0.2) is 0 Å². The van der Waals surface area contributed by atoms with E-state index in [0.717, 1.165) is 8.99 Å². The molecule has 1 heterocycles. The van der Waals surface area contributed by atoms with Crippen LogP contribution in [-0.4, -0.2) is 48.0 Å². The van der Waals surface area contributed by atoms with Crippen LogP contribution in [0.2, 0.25) is 0 Å². The van der Waals surface area contributed by atoms with Crippen LogP contribution in [0.1, 0.15) is 26.3 Å². The summed E-state index contributed by atoms with van der Waals surface area (Å²) in [6.07, 6.45) is 0. The van der Waals surface area contributed by atoms with Crippen molar-refractivity contribution < 1.29 is 13.2 Å². The van der Waals surface area contributed by atoms with Gasteiger partial charge in [-0.1, -0.05) is 30.3 Å². The zero-order valence-corrected chi connectivity index (χ0v) is 19.9. The lowest BCUT2D eigenvalue weighted by Crippen LogP contribution is -2.44. The monoisotopic (exact) mass is 456 g/mol. The van der Waals surface area contributed by atoms with Crippen molar-refractivity contribution >= 4 is 26.7 Å². The van der Waals surface area contributed by atoms with Crippen molar-refractivity contribution in [3.05, 3.63) is 58.4 Å². The molecule has 170 valence electrons. The number of carbonyl (C=O) groups excluding carboxylic acids is 1. The highest BCUT2D eigenvalue weighted by Gasteiger charge is 2.22. The Morgan fingerprint density at radius 3 is 2.31 bits per heavy atom. The number of amides is 1. The molecule has 32 heavy (non-hydrogen) atoms. The Hall–Kier alpha value is -3.04. The van der Waals surface area contributed by atoms with Crippen LogP contribution >= 0.6 is 0 Å². The number of nitrogens with zero attached hydrogens (tertiary/aromatic N) is 3. The topological polar surface area (TPSA) is 101 Å². The number of carbonyl (C=O) groups is 1. The molecule has 1 amide bonds. The maximum atomic E-state index is 13.0. The second-order valence-corrected chi connectivity index (χ2v) is 11.0. The van der Waals surface area contributed by atoms with Crippen LogP contribution < -0.4 is 10.9 Å². The van der Waals surface area contributed by atoms with Crippen LogP contribution in [0.3, 0.4) is 0 Å². The first-order valence-electron chi connectivity index (χ1n) is 10.2. The first kappa shape index (κ1) is 23.6. The third-order valence-corrected chi connectivity index (χ3v) is 6.85. The summed E-state index contributed by atoms with van der Waals surface area (Å²) in [5.74, 6) is -0.340. The summed E-state index contributed by atoms with van der Waals surface area (Å²) in [6, 6.07) is 12.0. The lowest BCUT2D eigenvalue weighted by molar-refractivity contribution is -0.123. The molecule has 0 atom stereocenters. The molecule has 8 nitrogen and oxygen atoms in total. The fraction of sp³-hybridized carbons (Fsp3) is 0.348. The first-order chi connectivity index (χ1) is 14.8. The van der Waals surface area contributed by atoms with Crippen LogP contribution in [0.5, 0.6) is 0 Å². The SMILES string of the molecule is Cc1ccc(-c2nn(CC(=O)NC(C)(C)C)c(=O)c3ccccc23)cc1S(=O)(=O)N(C)C. The van der Waals surface area contributed by atoms with Crippen molar-refractivity contribution in [3.8, 4) is 11.3 Å². The van der Waals surface area contributed by atoms with E-state index in [2.05, 4.69) is 10.4 Å². The maximum absolute atomic E-state index is 13.0. The molecular weight excluding hydrogens is 428 g/mol. The summed E-state index contributed by atoms with van der Waals surface area (Å²) in [7, 11) is -0.725. The Morgan fingerprint density at radius 2 is 1.72 bits per heavy atom. The molecule has 9 heteroatoms. The van der Waals surface area contributed by atoms with Crippen molar-refractivity contribution in [2.24, 2.45) is 0 Å². The first-order valence-corrected chi connectivity index (χ1v) is 11.6. The van der Waals surface area contributed by atoms with Crippen molar-refractivity contribution in [1.82, 2.24) is 19.4 Å². The molecule has 0 aliphatic rings. The van der Waals surface area contributed by atoms with Crippen LogP contribution in [0.4, 0.5) is 0 Å². The van der Waals surface area contributed by atoms with Gasteiger partial charge in [0.05, 0.1) is 16.0 Å². The van der Waals surface area contributed by atoms with Crippen LogP contribution in [0, 0.1) is 6.92 Å². The summed E-state index contributed by atoms with van der Waals surface area (Å²) in [5.41, 5.74) is 0.731. The van der Waals surface area contributed by atoms with Crippen molar-refractivity contribution in [3.63, 3.8) is 0 Å². The minimum Gasteiger partial charge on any atom is -0.350 e. The fourth-order valence-electron chi connectivity index (χ4n) is 3.37. The number of aromatic nitrogens is 2. The van der Waals surface area contributed by atoms with Gasteiger partial charge in [-0.25, -0.2) is 17.4 Å². The third-order valence-electron chi connectivity index (χ3n) is 4.90. The highest BCUT2D eigenvalue weighted by atomic mass is 32.2. The molecule has 3 rings (SSSR count). The number of hydrogen-bond acceptors (Lipinski definition) is 5. The molecule has 3 aromatic rings. The standard InChI is InChI=1S/C23H28N4O4S/c1-15-11-12-16(13-19(15)32(30,31)26(5)6)21-17-9-7-8-10-18(17)22(29)27(25-21)14-20(28)24-23(2,3)4/h7-13H,14H2,1-6H3,(H,24,28). The van der Waals surface area contributed by atoms with Gasteiger partial charge in [-0.2, -0.15) is 5.10 Å². The lowest BCUT2D eigenvalue weighted by atomic mass is 10.0. The van der Waals surface area contributed by atoms with Gasteiger partial charge in [0.25, 0.3) is 5.56 Å². The zero-order chi connectivity index (χ0) is 23.8. The summed E-state index contributed by atoms with van der Waals surface area (Å²) >= 11 is 0. The van der Waals surface area contributed by atoms with Crippen LogP contribution in [0.15, 0.2) is 52.2 Å². The second kappa shape index (κ2) is 8.48. The highest BCUT2D eigenvalue weighted by molar-refractivity contribution is 7.89. The second-order valence-electron chi connectivity index (χ2n) is 8.92. The molecule has 0 aliphatic carbocycles. The van der Waals surface area contributed by atoms with E-state index in [9.17, 15) is 18.0 Å². The highest BCUT2D eigenvalue weighted by Crippen LogP contribution is 2.29. The Balaban J connectivity index is 2.23. The third kappa shape index (κ3) is 4.73. The molecule has 0 bridgehead atoms. The van der Waals surface area contributed by atoms with E-state index in [1.807, 2.05) is 20.8 Å². The number of benzene rings is 2. The Kier molecular flexibility index (Phi) is 6.26. The average Bonchev–Trinajstić information content (AvgIpc) is 2.69. The quantitative estimate of drug-likeness (QED) is 0.636. The van der Waals surface area contributed by atoms with E-state index in [4.69, 9.17) is 0 Å². The Morgan fingerprint density at radius 1 is 1.09 bits per heavy atom. The van der Waals surface area contributed by atoms with Crippen LogP contribution in [0.25, 0.3) is 22.0 Å². The molecule has 1 aromatic heterocycles. The smallest absolute Gasteiger partial charge is 0.275 e.